The molecule has 86 valence electrons. The molecule has 1 aromatic rings. The van der Waals surface area contributed by atoms with Crippen molar-refractivity contribution in [2.75, 3.05) is 12.3 Å². The van der Waals surface area contributed by atoms with Crippen LogP contribution in [0.1, 0.15) is 18.0 Å². The lowest BCUT2D eigenvalue weighted by Gasteiger charge is -2.26. The Hall–Kier alpha value is 0.0400. The van der Waals surface area contributed by atoms with Crippen LogP contribution in [-0.4, -0.2) is 12.3 Å². The fourth-order valence-corrected chi connectivity index (χ4v) is 3.48. The Kier molecular flexibility index (Phi) is 4.36. The van der Waals surface area contributed by atoms with Crippen molar-refractivity contribution >= 4 is 39.3 Å². The molecule has 0 spiro atoms. The predicted octanol–water partition coefficient (Wildman–Crippen LogP) is 4.38. The summed E-state index contributed by atoms with van der Waals surface area (Å²) in [4.78, 5) is 1.23. The second kappa shape index (κ2) is 5.58. The third-order valence-electron chi connectivity index (χ3n) is 2.57. The topological polar surface area (TPSA) is 12.0 Å². The molecule has 1 atom stereocenters. The quantitative estimate of drug-likeness (QED) is 0.888. The summed E-state index contributed by atoms with van der Waals surface area (Å²) in [5.74, 6) is 1.11. The molecule has 1 heterocycles. The van der Waals surface area contributed by atoms with Gasteiger partial charge in [0.2, 0.25) is 0 Å². The first-order valence-electron chi connectivity index (χ1n) is 5.16. The van der Waals surface area contributed by atoms with E-state index in [1.165, 1.54) is 10.5 Å². The van der Waals surface area contributed by atoms with Crippen molar-refractivity contribution in [3.05, 3.63) is 39.8 Å². The Morgan fingerprint density at radius 3 is 3.19 bits per heavy atom. The van der Waals surface area contributed by atoms with E-state index in [4.69, 9.17) is 11.6 Å². The maximum Gasteiger partial charge on any atom is 0.0545 e. The average Bonchev–Trinajstić information content (AvgIpc) is 2.27. The van der Waals surface area contributed by atoms with Crippen molar-refractivity contribution in [1.29, 1.82) is 0 Å². The SMILES string of the molecule is C=C(Br)CNC1CCSc2c(Cl)cccc21. The minimum absolute atomic E-state index is 0.393. The second-order valence-electron chi connectivity index (χ2n) is 3.75. The van der Waals surface area contributed by atoms with Gasteiger partial charge in [-0.1, -0.05) is 46.2 Å². The van der Waals surface area contributed by atoms with Crippen LogP contribution in [0, 0.1) is 0 Å². The molecule has 0 aliphatic carbocycles. The number of hydrogen-bond donors (Lipinski definition) is 1. The van der Waals surface area contributed by atoms with Crippen molar-refractivity contribution in [2.24, 2.45) is 0 Å². The molecule has 4 heteroatoms. The van der Waals surface area contributed by atoms with Gasteiger partial charge in [-0.05, 0) is 23.8 Å². The Morgan fingerprint density at radius 2 is 2.44 bits per heavy atom. The zero-order valence-electron chi connectivity index (χ0n) is 8.80. The fourth-order valence-electron chi connectivity index (χ4n) is 1.83. The van der Waals surface area contributed by atoms with Crippen LogP contribution >= 0.6 is 39.3 Å². The van der Waals surface area contributed by atoms with Crippen molar-refractivity contribution in [2.45, 2.75) is 17.4 Å². The number of halogens is 2. The second-order valence-corrected chi connectivity index (χ2v) is 6.38. The first-order valence-corrected chi connectivity index (χ1v) is 7.32. The van der Waals surface area contributed by atoms with Crippen LogP contribution in [0.2, 0.25) is 5.02 Å². The highest BCUT2D eigenvalue weighted by Gasteiger charge is 2.21. The van der Waals surface area contributed by atoms with Gasteiger partial charge in [0.15, 0.2) is 0 Å². The van der Waals surface area contributed by atoms with Crippen LogP contribution in [0.4, 0.5) is 0 Å². The van der Waals surface area contributed by atoms with Crippen molar-refractivity contribution in [3.8, 4) is 0 Å². The van der Waals surface area contributed by atoms with E-state index in [0.29, 0.717) is 6.04 Å². The molecule has 2 rings (SSSR count). The number of fused-ring (bicyclic) bond motifs is 1. The lowest BCUT2D eigenvalue weighted by atomic mass is 10.0. The summed E-state index contributed by atoms with van der Waals surface area (Å²) in [6, 6.07) is 6.52. The summed E-state index contributed by atoms with van der Waals surface area (Å²) < 4.78 is 0.981. The third-order valence-corrected chi connectivity index (χ3v) is 4.46. The van der Waals surface area contributed by atoms with Gasteiger partial charge in [-0.25, -0.2) is 0 Å². The molecule has 0 amide bonds. The van der Waals surface area contributed by atoms with Crippen LogP contribution < -0.4 is 5.32 Å². The van der Waals surface area contributed by atoms with E-state index >= 15 is 0 Å². The Balaban J connectivity index is 2.19. The van der Waals surface area contributed by atoms with Gasteiger partial charge in [0.05, 0.1) is 5.02 Å². The van der Waals surface area contributed by atoms with E-state index in [9.17, 15) is 0 Å². The van der Waals surface area contributed by atoms with E-state index in [-0.39, 0.29) is 0 Å². The molecule has 1 aliphatic rings. The normalized spacial score (nSPS) is 19.2. The highest BCUT2D eigenvalue weighted by atomic mass is 79.9. The minimum atomic E-state index is 0.393. The predicted molar refractivity (Wildman–Crippen MR) is 75.6 cm³/mol. The molecule has 0 radical (unpaired) electrons. The van der Waals surface area contributed by atoms with Crippen LogP contribution in [0.15, 0.2) is 34.2 Å². The molecule has 1 aromatic carbocycles. The van der Waals surface area contributed by atoms with Gasteiger partial charge in [-0.2, -0.15) is 0 Å². The van der Waals surface area contributed by atoms with Gasteiger partial charge in [0.25, 0.3) is 0 Å². The average molecular weight is 319 g/mol. The van der Waals surface area contributed by atoms with E-state index in [2.05, 4.69) is 33.9 Å². The van der Waals surface area contributed by atoms with Crippen LogP contribution in [-0.2, 0) is 0 Å². The zero-order valence-corrected chi connectivity index (χ0v) is 12.0. The molecule has 1 unspecified atom stereocenters. The Bertz CT molecular complexity index is 408. The number of nitrogens with one attached hydrogen (secondary N) is 1. The lowest BCUT2D eigenvalue weighted by Crippen LogP contribution is -2.25. The van der Waals surface area contributed by atoms with Crippen LogP contribution in [0.5, 0.6) is 0 Å². The van der Waals surface area contributed by atoms with Gasteiger partial charge >= 0.3 is 0 Å². The summed E-state index contributed by atoms with van der Waals surface area (Å²) >= 11 is 11.4. The van der Waals surface area contributed by atoms with Gasteiger partial charge < -0.3 is 5.32 Å². The van der Waals surface area contributed by atoms with Crippen LogP contribution in [0.25, 0.3) is 0 Å². The summed E-state index contributed by atoms with van der Waals surface area (Å²) in [7, 11) is 0. The molecular formula is C12H13BrClNS. The number of rotatable bonds is 3. The molecule has 1 aliphatic heterocycles. The minimum Gasteiger partial charge on any atom is -0.305 e. The highest BCUT2D eigenvalue weighted by Crippen LogP contribution is 2.40. The van der Waals surface area contributed by atoms with E-state index in [1.54, 1.807) is 0 Å². The van der Waals surface area contributed by atoms with Crippen molar-refractivity contribution < 1.29 is 0 Å². The molecule has 0 saturated carbocycles. The van der Waals surface area contributed by atoms with Gasteiger partial charge in [-0.3, -0.25) is 0 Å². The van der Waals surface area contributed by atoms with E-state index < -0.39 is 0 Å². The molecule has 1 nitrogen and oxygen atoms in total. The van der Waals surface area contributed by atoms with Gasteiger partial charge in [-0.15, -0.1) is 11.8 Å². The highest BCUT2D eigenvalue weighted by molar-refractivity contribution is 9.11. The monoisotopic (exact) mass is 317 g/mol. The molecule has 1 N–H and O–H groups in total. The largest absolute Gasteiger partial charge is 0.305 e. The van der Waals surface area contributed by atoms with Gasteiger partial charge in [0.1, 0.15) is 0 Å². The molecule has 0 saturated heterocycles. The van der Waals surface area contributed by atoms with Gasteiger partial charge in [0, 0.05) is 22.0 Å². The maximum atomic E-state index is 6.19. The Labute approximate surface area is 114 Å². The third kappa shape index (κ3) is 2.83. The van der Waals surface area contributed by atoms with Crippen molar-refractivity contribution in [3.63, 3.8) is 0 Å². The van der Waals surface area contributed by atoms with E-state index in [0.717, 1.165) is 28.2 Å². The molecule has 0 aromatic heterocycles. The number of benzene rings is 1. The lowest BCUT2D eigenvalue weighted by molar-refractivity contribution is 0.540. The molecule has 16 heavy (non-hydrogen) atoms. The molecular weight excluding hydrogens is 306 g/mol. The number of thioether (sulfide) groups is 1. The summed E-state index contributed by atoms with van der Waals surface area (Å²) in [6.07, 6.45) is 1.14. The summed E-state index contributed by atoms with van der Waals surface area (Å²) in [5, 5.41) is 4.35. The van der Waals surface area contributed by atoms with Crippen molar-refractivity contribution in [1.82, 2.24) is 5.32 Å². The van der Waals surface area contributed by atoms with E-state index in [1.807, 2.05) is 23.9 Å². The first kappa shape index (κ1) is 12.5. The summed E-state index contributed by atoms with van der Waals surface area (Å²) in [5.41, 5.74) is 1.32. The zero-order chi connectivity index (χ0) is 11.5. The summed E-state index contributed by atoms with van der Waals surface area (Å²) in [6.45, 7) is 4.63. The Morgan fingerprint density at radius 1 is 1.62 bits per heavy atom. The smallest absolute Gasteiger partial charge is 0.0545 e. The first-order chi connectivity index (χ1) is 7.68. The fraction of sp³-hybridized carbons (Fsp3) is 0.333. The standard InChI is InChI=1S/C12H13BrClNS/c1-8(13)7-15-11-5-6-16-12-9(11)3-2-4-10(12)14/h2-4,11,15H,1,5-7H2. The molecule has 0 bridgehead atoms. The van der Waals surface area contributed by atoms with Crippen LogP contribution in [0.3, 0.4) is 0 Å². The number of hydrogen-bond acceptors (Lipinski definition) is 2. The molecule has 0 fully saturated rings. The maximum absolute atomic E-state index is 6.19.